The van der Waals surface area contributed by atoms with Crippen molar-refractivity contribution in [2.45, 2.75) is 39.3 Å². The molecule has 0 radical (unpaired) electrons. The molecule has 1 amide bonds. The Balaban J connectivity index is 1.65. The van der Waals surface area contributed by atoms with Crippen LogP contribution in [0.5, 0.6) is 0 Å². The Morgan fingerprint density at radius 3 is 2.61 bits per heavy atom. The molecule has 1 aromatic heterocycles. The number of amides is 1. The number of hydrogen-bond acceptors (Lipinski definition) is 5. The fraction of sp³-hybridized carbons (Fsp3) is 0.520. The van der Waals surface area contributed by atoms with E-state index >= 15 is 0 Å². The second kappa shape index (κ2) is 9.37. The van der Waals surface area contributed by atoms with Gasteiger partial charge in [-0.05, 0) is 30.0 Å². The first-order valence-corrected chi connectivity index (χ1v) is 11.3. The zero-order valence-corrected chi connectivity index (χ0v) is 18.9. The fourth-order valence-corrected chi connectivity index (χ4v) is 4.56. The maximum atomic E-state index is 13.8. The number of hydrogen-bond donors (Lipinski definition) is 1. The summed E-state index contributed by atoms with van der Waals surface area (Å²) in [6.07, 6.45) is 0. The molecule has 6 nitrogen and oxygen atoms in total. The Labute approximate surface area is 185 Å². The van der Waals surface area contributed by atoms with Crippen molar-refractivity contribution < 1.29 is 9.53 Å². The van der Waals surface area contributed by atoms with Gasteiger partial charge in [0, 0.05) is 39.3 Å². The molecule has 4 rings (SSSR count). The molecular formula is C25H34N4O2. The van der Waals surface area contributed by atoms with E-state index in [9.17, 15) is 4.79 Å². The Morgan fingerprint density at radius 1 is 1.16 bits per heavy atom. The van der Waals surface area contributed by atoms with Crippen molar-refractivity contribution >= 4 is 11.7 Å². The Hall–Kier alpha value is -2.44. The summed E-state index contributed by atoms with van der Waals surface area (Å²) in [6.45, 7) is 12.1. The van der Waals surface area contributed by atoms with Gasteiger partial charge in [0.25, 0.3) is 0 Å². The first kappa shape index (κ1) is 21.8. The zero-order valence-electron chi connectivity index (χ0n) is 18.9. The van der Waals surface area contributed by atoms with E-state index < -0.39 is 5.41 Å². The molecule has 2 aliphatic rings. The summed E-state index contributed by atoms with van der Waals surface area (Å²) in [5, 5.41) is 3.43. The van der Waals surface area contributed by atoms with E-state index in [0.717, 1.165) is 36.7 Å². The lowest BCUT2D eigenvalue weighted by atomic mass is 9.78. The molecule has 2 aliphatic heterocycles. The van der Waals surface area contributed by atoms with E-state index in [2.05, 4.69) is 61.3 Å². The van der Waals surface area contributed by atoms with E-state index in [1.165, 1.54) is 5.56 Å². The number of anilines is 1. The maximum Gasteiger partial charge on any atom is 0.236 e. The molecule has 1 fully saturated rings. The lowest BCUT2D eigenvalue weighted by Gasteiger charge is -2.43. The molecule has 31 heavy (non-hydrogen) atoms. The van der Waals surface area contributed by atoms with Crippen LogP contribution in [0.3, 0.4) is 0 Å². The van der Waals surface area contributed by atoms with Crippen molar-refractivity contribution in [3.8, 4) is 0 Å². The van der Waals surface area contributed by atoms with Gasteiger partial charge in [-0.3, -0.25) is 9.69 Å². The van der Waals surface area contributed by atoms with Crippen molar-refractivity contribution in [3.05, 3.63) is 59.3 Å². The van der Waals surface area contributed by atoms with E-state index in [4.69, 9.17) is 9.72 Å². The minimum Gasteiger partial charge on any atom is -0.378 e. The van der Waals surface area contributed by atoms with Crippen LogP contribution in [0.25, 0.3) is 0 Å². The second-order valence-electron chi connectivity index (χ2n) is 9.35. The Morgan fingerprint density at radius 2 is 1.90 bits per heavy atom. The van der Waals surface area contributed by atoms with Crippen LogP contribution >= 0.6 is 0 Å². The lowest BCUT2D eigenvalue weighted by molar-refractivity contribution is -0.142. The molecule has 1 unspecified atom stereocenters. The van der Waals surface area contributed by atoms with Crippen LogP contribution < -0.4 is 5.32 Å². The zero-order chi connectivity index (χ0) is 21.8. The third-order valence-electron chi connectivity index (χ3n) is 6.15. The molecule has 1 atom stereocenters. The van der Waals surface area contributed by atoms with Gasteiger partial charge in [-0.15, -0.1) is 0 Å². The van der Waals surface area contributed by atoms with Crippen molar-refractivity contribution in [1.29, 1.82) is 0 Å². The molecule has 6 heteroatoms. The van der Waals surface area contributed by atoms with Crippen LogP contribution in [0.15, 0.2) is 42.5 Å². The second-order valence-corrected chi connectivity index (χ2v) is 9.35. The van der Waals surface area contributed by atoms with Crippen LogP contribution in [0.1, 0.15) is 37.6 Å². The van der Waals surface area contributed by atoms with Gasteiger partial charge in [-0.25, -0.2) is 4.98 Å². The number of nitrogens with zero attached hydrogens (tertiary/aromatic N) is 3. The van der Waals surface area contributed by atoms with Gasteiger partial charge in [0.2, 0.25) is 5.91 Å². The van der Waals surface area contributed by atoms with Crippen LogP contribution in [-0.4, -0.2) is 60.1 Å². The SMILES string of the molecule is CC(C)CNc1ccc2c(n1)C(C)(C(=O)N1CCOCC1)CN(Cc1ccccc1)C2. The number of nitrogens with one attached hydrogen (secondary N) is 1. The highest BCUT2D eigenvalue weighted by Gasteiger charge is 2.45. The van der Waals surface area contributed by atoms with Gasteiger partial charge >= 0.3 is 0 Å². The molecule has 2 aromatic rings. The molecule has 1 N–H and O–H groups in total. The molecule has 3 heterocycles. The monoisotopic (exact) mass is 422 g/mol. The highest BCUT2D eigenvalue weighted by atomic mass is 16.5. The molecule has 1 aromatic carbocycles. The number of morpholine rings is 1. The van der Waals surface area contributed by atoms with Crippen LogP contribution in [-0.2, 0) is 28.0 Å². The summed E-state index contributed by atoms with van der Waals surface area (Å²) in [7, 11) is 0. The summed E-state index contributed by atoms with van der Waals surface area (Å²) >= 11 is 0. The molecular weight excluding hydrogens is 388 g/mol. The Kier molecular flexibility index (Phi) is 6.58. The number of rotatable bonds is 6. The summed E-state index contributed by atoms with van der Waals surface area (Å²) in [5.74, 6) is 1.54. The first-order valence-electron chi connectivity index (χ1n) is 11.3. The first-order chi connectivity index (χ1) is 15.0. The topological polar surface area (TPSA) is 57.7 Å². The van der Waals surface area contributed by atoms with Gasteiger partial charge in [0.15, 0.2) is 0 Å². The largest absolute Gasteiger partial charge is 0.378 e. The van der Waals surface area contributed by atoms with E-state index in [1.807, 2.05) is 17.0 Å². The standard InChI is InChI=1S/C25H34N4O2/c1-19(2)15-26-22-10-9-21-17-28(16-20-7-5-4-6-8-20)18-25(3,23(21)27-22)24(30)29-11-13-31-14-12-29/h4-10,19H,11-18H2,1-3H3,(H,26,27). The van der Waals surface area contributed by atoms with Gasteiger partial charge < -0.3 is 15.0 Å². The van der Waals surface area contributed by atoms with E-state index in [0.29, 0.717) is 38.8 Å². The molecule has 0 spiro atoms. The quantitative estimate of drug-likeness (QED) is 0.774. The average Bonchev–Trinajstić information content (AvgIpc) is 2.78. The normalized spacial score (nSPS) is 21.7. The number of benzene rings is 1. The third kappa shape index (κ3) is 4.91. The number of ether oxygens (including phenoxy) is 1. The number of carbonyl (C=O) groups is 1. The third-order valence-corrected chi connectivity index (χ3v) is 6.15. The van der Waals surface area contributed by atoms with Crippen molar-refractivity contribution in [3.63, 3.8) is 0 Å². The van der Waals surface area contributed by atoms with E-state index in [1.54, 1.807) is 0 Å². The summed E-state index contributed by atoms with van der Waals surface area (Å²) in [5.41, 5.74) is 2.63. The highest BCUT2D eigenvalue weighted by molar-refractivity contribution is 5.88. The molecule has 1 saturated heterocycles. The van der Waals surface area contributed by atoms with Crippen molar-refractivity contribution in [2.75, 3.05) is 44.7 Å². The molecule has 0 bridgehead atoms. The molecule has 0 saturated carbocycles. The number of carbonyl (C=O) groups excluding carboxylic acids is 1. The van der Waals surface area contributed by atoms with Gasteiger partial charge in [0.05, 0.1) is 18.9 Å². The van der Waals surface area contributed by atoms with Crippen LogP contribution in [0.2, 0.25) is 0 Å². The fourth-order valence-electron chi connectivity index (χ4n) is 4.56. The van der Waals surface area contributed by atoms with Crippen LogP contribution in [0.4, 0.5) is 5.82 Å². The number of fused-ring (bicyclic) bond motifs is 1. The highest BCUT2D eigenvalue weighted by Crippen LogP contribution is 2.36. The van der Waals surface area contributed by atoms with E-state index in [-0.39, 0.29) is 5.91 Å². The Bertz CT molecular complexity index is 896. The van der Waals surface area contributed by atoms with Crippen molar-refractivity contribution in [1.82, 2.24) is 14.8 Å². The minimum absolute atomic E-state index is 0.156. The minimum atomic E-state index is -0.685. The van der Waals surface area contributed by atoms with Gasteiger partial charge in [0.1, 0.15) is 11.2 Å². The molecule has 0 aliphatic carbocycles. The summed E-state index contributed by atoms with van der Waals surface area (Å²) in [6, 6.07) is 14.7. The van der Waals surface area contributed by atoms with Gasteiger partial charge in [-0.1, -0.05) is 50.2 Å². The number of pyridine rings is 1. The smallest absolute Gasteiger partial charge is 0.236 e. The van der Waals surface area contributed by atoms with Crippen molar-refractivity contribution in [2.24, 2.45) is 5.92 Å². The summed E-state index contributed by atoms with van der Waals surface area (Å²) in [4.78, 5) is 23.1. The van der Waals surface area contributed by atoms with Gasteiger partial charge in [-0.2, -0.15) is 0 Å². The maximum absolute atomic E-state index is 13.8. The summed E-state index contributed by atoms with van der Waals surface area (Å²) < 4.78 is 5.48. The lowest BCUT2D eigenvalue weighted by Crippen LogP contribution is -2.56. The number of aromatic nitrogens is 1. The average molecular weight is 423 g/mol. The van der Waals surface area contributed by atoms with Crippen LogP contribution in [0, 0.1) is 5.92 Å². The predicted molar refractivity (Wildman–Crippen MR) is 123 cm³/mol. The molecule has 166 valence electrons. The predicted octanol–water partition coefficient (Wildman–Crippen LogP) is 3.28.